The molecule has 0 fully saturated rings. The molecule has 1 unspecified atom stereocenters. The molecule has 0 bridgehead atoms. The van der Waals surface area contributed by atoms with Crippen LogP contribution in [-0.2, 0) is 16.1 Å². The first-order chi connectivity index (χ1) is 17.4. The van der Waals surface area contributed by atoms with Crippen LogP contribution in [0, 0.1) is 6.92 Å². The number of methoxy groups -OCH3 is 2. The summed E-state index contributed by atoms with van der Waals surface area (Å²) in [6.45, 7) is 6.39. The summed E-state index contributed by atoms with van der Waals surface area (Å²) >= 11 is 5.24. The van der Waals surface area contributed by atoms with E-state index in [1.807, 2.05) is 37.3 Å². The van der Waals surface area contributed by atoms with Crippen LogP contribution in [0.5, 0.6) is 11.5 Å². The Hall–Kier alpha value is -2.98. The Morgan fingerprint density at radius 3 is 2.69 bits per heavy atom. The van der Waals surface area contributed by atoms with Crippen LogP contribution >= 0.6 is 27.7 Å². The lowest BCUT2D eigenvalue weighted by atomic mass is 9.95. The Morgan fingerprint density at radius 2 is 2.00 bits per heavy atom. The van der Waals surface area contributed by atoms with Gasteiger partial charge in [0.05, 0.1) is 24.3 Å². The fraction of sp³-hybridized carbons (Fsp3) is 0.346. The van der Waals surface area contributed by atoms with E-state index in [1.54, 1.807) is 23.6 Å². The number of hydrogen-bond donors (Lipinski definition) is 1. The lowest BCUT2D eigenvalue weighted by Gasteiger charge is -2.28. The molecule has 1 atom stereocenters. The van der Waals surface area contributed by atoms with E-state index < -0.39 is 12.0 Å². The largest absolute Gasteiger partial charge is 0.493 e. The SMILES string of the molecule is CCCSc1nc2n(n1)C(c1cc(Br)c(OCc3ccccc3C)c(OC)c1)C(C(=O)OC)=C(C)N2. The van der Waals surface area contributed by atoms with Gasteiger partial charge in [0, 0.05) is 11.4 Å². The van der Waals surface area contributed by atoms with Gasteiger partial charge >= 0.3 is 5.97 Å². The van der Waals surface area contributed by atoms with Gasteiger partial charge in [0.25, 0.3) is 0 Å². The molecule has 0 spiro atoms. The second kappa shape index (κ2) is 11.4. The van der Waals surface area contributed by atoms with Crippen molar-refractivity contribution in [3.63, 3.8) is 0 Å². The van der Waals surface area contributed by atoms with Gasteiger partial charge in [0.1, 0.15) is 12.6 Å². The Morgan fingerprint density at radius 1 is 1.22 bits per heavy atom. The van der Waals surface area contributed by atoms with Gasteiger partial charge in [-0.1, -0.05) is 43.0 Å². The number of hydrogen-bond acceptors (Lipinski definition) is 8. The van der Waals surface area contributed by atoms with Crippen molar-refractivity contribution < 1.29 is 19.0 Å². The van der Waals surface area contributed by atoms with E-state index in [-0.39, 0.29) is 0 Å². The average Bonchev–Trinajstić information content (AvgIpc) is 3.28. The number of fused-ring (bicyclic) bond motifs is 1. The number of benzene rings is 2. The summed E-state index contributed by atoms with van der Waals surface area (Å²) in [4.78, 5) is 17.5. The summed E-state index contributed by atoms with van der Waals surface area (Å²) in [6, 6.07) is 11.3. The predicted octanol–water partition coefficient (Wildman–Crippen LogP) is 5.90. The summed E-state index contributed by atoms with van der Waals surface area (Å²) in [5.74, 6) is 2.14. The molecule has 190 valence electrons. The second-order valence-electron chi connectivity index (χ2n) is 8.32. The number of aryl methyl sites for hydroxylation is 1. The molecule has 3 aromatic rings. The van der Waals surface area contributed by atoms with Crippen LogP contribution in [0.15, 0.2) is 57.3 Å². The van der Waals surface area contributed by atoms with Crippen LogP contribution in [0.4, 0.5) is 5.95 Å². The van der Waals surface area contributed by atoms with Crippen LogP contribution in [0.25, 0.3) is 0 Å². The van der Waals surface area contributed by atoms with E-state index in [2.05, 4.69) is 46.1 Å². The van der Waals surface area contributed by atoms with Crippen LogP contribution in [0.3, 0.4) is 0 Å². The fourth-order valence-corrected chi connectivity index (χ4v) is 5.29. The molecule has 10 heteroatoms. The average molecular weight is 574 g/mol. The normalized spacial score (nSPS) is 14.8. The molecule has 8 nitrogen and oxygen atoms in total. The Labute approximate surface area is 223 Å². The molecule has 0 radical (unpaired) electrons. The number of nitrogens with one attached hydrogen (secondary N) is 1. The Kier molecular flexibility index (Phi) is 8.25. The number of ether oxygens (including phenoxy) is 3. The molecule has 0 saturated heterocycles. The van der Waals surface area contributed by atoms with Gasteiger partial charge in [-0.2, -0.15) is 4.98 Å². The second-order valence-corrected chi connectivity index (χ2v) is 10.2. The van der Waals surface area contributed by atoms with Crippen molar-refractivity contribution in [2.45, 2.75) is 45.0 Å². The first-order valence-electron chi connectivity index (χ1n) is 11.6. The molecule has 0 saturated carbocycles. The number of esters is 1. The molecule has 1 aromatic heterocycles. The minimum Gasteiger partial charge on any atom is -0.493 e. The van der Waals surface area contributed by atoms with E-state index in [9.17, 15) is 4.79 Å². The lowest BCUT2D eigenvalue weighted by molar-refractivity contribution is -0.136. The number of anilines is 1. The fourth-order valence-electron chi connectivity index (χ4n) is 4.03. The van der Waals surface area contributed by atoms with Gasteiger partial charge < -0.3 is 19.5 Å². The number of aromatic nitrogens is 3. The van der Waals surface area contributed by atoms with Crippen molar-refractivity contribution >= 4 is 39.6 Å². The minimum absolute atomic E-state index is 0.395. The summed E-state index contributed by atoms with van der Waals surface area (Å²) in [7, 11) is 2.97. The molecular formula is C26H29BrN4O4S. The molecule has 2 aromatic carbocycles. The van der Waals surface area contributed by atoms with Crippen molar-refractivity contribution in [3.8, 4) is 11.5 Å². The summed E-state index contributed by atoms with van der Waals surface area (Å²) in [5.41, 5.74) is 4.13. The third kappa shape index (κ3) is 5.24. The third-order valence-corrected chi connectivity index (χ3v) is 7.51. The zero-order chi connectivity index (χ0) is 25.8. The predicted molar refractivity (Wildman–Crippen MR) is 144 cm³/mol. The molecule has 0 amide bonds. The van der Waals surface area contributed by atoms with Crippen molar-refractivity contribution in [1.82, 2.24) is 14.8 Å². The topological polar surface area (TPSA) is 87.5 Å². The van der Waals surface area contributed by atoms with Crippen LogP contribution in [0.1, 0.15) is 43.0 Å². The maximum atomic E-state index is 12.9. The van der Waals surface area contributed by atoms with E-state index in [4.69, 9.17) is 19.3 Å². The van der Waals surface area contributed by atoms with Gasteiger partial charge in [-0.05, 0) is 65.0 Å². The zero-order valence-corrected chi connectivity index (χ0v) is 23.3. The molecule has 4 rings (SSSR count). The highest BCUT2D eigenvalue weighted by Gasteiger charge is 2.36. The van der Waals surface area contributed by atoms with E-state index in [1.165, 1.54) is 7.11 Å². The smallest absolute Gasteiger partial charge is 0.338 e. The Balaban J connectivity index is 1.76. The molecule has 1 aliphatic heterocycles. The number of nitrogens with zero attached hydrogens (tertiary/aromatic N) is 3. The third-order valence-electron chi connectivity index (χ3n) is 5.87. The van der Waals surface area contributed by atoms with Gasteiger partial charge in [0.15, 0.2) is 11.5 Å². The highest BCUT2D eigenvalue weighted by atomic mass is 79.9. The van der Waals surface area contributed by atoms with E-state index in [0.29, 0.717) is 45.0 Å². The van der Waals surface area contributed by atoms with Gasteiger partial charge in [-0.15, -0.1) is 5.10 Å². The highest BCUT2D eigenvalue weighted by Crippen LogP contribution is 2.43. The molecule has 1 N–H and O–H groups in total. The number of halogens is 1. The standard InChI is InChI=1S/C26H29BrN4O4S/c1-6-11-36-26-29-25-28-16(3)21(24(32)34-5)22(31(25)30-26)18-12-19(27)23(20(13-18)33-4)35-14-17-10-8-7-9-15(17)2/h7-10,12-13,22H,6,11,14H2,1-5H3,(H,28,29,30). The highest BCUT2D eigenvalue weighted by molar-refractivity contribution is 9.10. The lowest BCUT2D eigenvalue weighted by Crippen LogP contribution is -2.29. The van der Waals surface area contributed by atoms with Crippen molar-refractivity contribution in [3.05, 3.63) is 68.8 Å². The number of carbonyl (C=O) groups excluding carboxylic acids is 1. The first kappa shape index (κ1) is 26.1. The van der Waals surface area contributed by atoms with E-state index >= 15 is 0 Å². The summed E-state index contributed by atoms with van der Waals surface area (Å²) < 4.78 is 19.5. The van der Waals surface area contributed by atoms with Gasteiger partial charge in [0.2, 0.25) is 11.1 Å². The quantitative estimate of drug-likeness (QED) is 0.250. The summed E-state index contributed by atoms with van der Waals surface area (Å²) in [5, 5.41) is 8.57. The van der Waals surface area contributed by atoms with Gasteiger partial charge in [-0.3, -0.25) is 0 Å². The van der Waals surface area contributed by atoms with Crippen molar-refractivity contribution in [2.24, 2.45) is 0 Å². The number of thioether (sulfide) groups is 1. The number of carbonyl (C=O) groups is 1. The molecule has 1 aliphatic rings. The number of rotatable bonds is 9. The first-order valence-corrected chi connectivity index (χ1v) is 13.4. The summed E-state index contributed by atoms with van der Waals surface area (Å²) in [6.07, 6.45) is 1.00. The minimum atomic E-state index is -0.562. The van der Waals surface area contributed by atoms with Crippen molar-refractivity contribution in [2.75, 3.05) is 25.3 Å². The number of allylic oxidation sites excluding steroid dienone is 1. The van der Waals surface area contributed by atoms with E-state index in [0.717, 1.165) is 28.9 Å². The maximum absolute atomic E-state index is 12.9. The monoisotopic (exact) mass is 572 g/mol. The van der Waals surface area contributed by atoms with Crippen LogP contribution in [0.2, 0.25) is 0 Å². The maximum Gasteiger partial charge on any atom is 0.338 e. The molecule has 0 aliphatic carbocycles. The zero-order valence-electron chi connectivity index (χ0n) is 20.9. The van der Waals surface area contributed by atoms with Crippen molar-refractivity contribution in [1.29, 1.82) is 0 Å². The molecule has 36 heavy (non-hydrogen) atoms. The van der Waals surface area contributed by atoms with Gasteiger partial charge in [-0.25, -0.2) is 9.48 Å². The Bertz CT molecular complexity index is 1310. The molecular weight excluding hydrogens is 544 g/mol. The van der Waals surface area contributed by atoms with Crippen LogP contribution < -0.4 is 14.8 Å². The molecule has 2 heterocycles. The van der Waals surface area contributed by atoms with Crippen LogP contribution in [-0.4, -0.2) is 40.7 Å².